The normalized spacial score (nSPS) is 13.7. The molecule has 0 aliphatic carbocycles. The number of hydrogen-bond acceptors (Lipinski definition) is 4. The largest absolute Gasteiger partial charge is 0.459 e. The summed E-state index contributed by atoms with van der Waals surface area (Å²) in [6.07, 6.45) is 0.0782. The van der Waals surface area contributed by atoms with Crippen LogP contribution in [0, 0.1) is 0 Å². The minimum Gasteiger partial charge on any atom is -0.459 e. The Balaban J connectivity index is 1.85. The van der Waals surface area contributed by atoms with Crippen molar-refractivity contribution in [2.24, 2.45) is 0 Å². The number of esters is 1. The van der Waals surface area contributed by atoms with Gasteiger partial charge >= 0.3 is 5.97 Å². The van der Waals surface area contributed by atoms with Crippen LogP contribution in [0.2, 0.25) is 0 Å². The average Bonchev–Trinajstić information content (AvgIpc) is 2.58. The Labute approximate surface area is 129 Å². The van der Waals surface area contributed by atoms with Crippen LogP contribution >= 0.6 is 0 Å². The first-order chi connectivity index (χ1) is 10.7. The molecular formula is C18H18O4. The summed E-state index contributed by atoms with van der Waals surface area (Å²) < 4.78 is 4.98. The van der Waals surface area contributed by atoms with Crippen LogP contribution in [0.25, 0.3) is 6.08 Å². The molecular weight excluding hydrogens is 280 g/mol. The smallest absolute Gasteiger partial charge is 0.338 e. The molecule has 0 aromatic heterocycles. The van der Waals surface area contributed by atoms with Crippen LogP contribution in [0.3, 0.4) is 0 Å². The first-order valence-corrected chi connectivity index (χ1v) is 6.97. The maximum atomic E-state index is 11.7. The van der Waals surface area contributed by atoms with E-state index in [9.17, 15) is 15.0 Å². The standard InChI is InChI=1S/C18H18O4/c19-16(12-11-14-7-3-1-4-8-14)17(20)18(21)22-13-15-9-5-2-6-10-15/h1-12,16-17,19-20H,13H2/b12-11+/t16-,17+/m1/s1. The maximum Gasteiger partial charge on any atom is 0.338 e. The predicted molar refractivity (Wildman–Crippen MR) is 83.7 cm³/mol. The van der Waals surface area contributed by atoms with Crippen molar-refractivity contribution in [3.63, 3.8) is 0 Å². The lowest BCUT2D eigenvalue weighted by Crippen LogP contribution is -2.33. The van der Waals surface area contributed by atoms with Crippen LogP contribution in [0.1, 0.15) is 11.1 Å². The Morgan fingerprint density at radius 3 is 2.23 bits per heavy atom. The second kappa shape index (κ2) is 8.12. The Bertz CT molecular complexity index is 607. The molecule has 0 aliphatic heterocycles. The van der Waals surface area contributed by atoms with E-state index >= 15 is 0 Å². The third kappa shape index (κ3) is 4.84. The summed E-state index contributed by atoms with van der Waals surface area (Å²) in [7, 11) is 0. The van der Waals surface area contributed by atoms with E-state index in [-0.39, 0.29) is 6.61 Å². The van der Waals surface area contributed by atoms with Crippen LogP contribution in [0.15, 0.2) is 66.7 Å². The molecule has 0 amide bonds. The van der Waals surface area contributed by atoms with Gasteiger partial charge in [0.2, 0.25) is 0 Å². The highest BCUT2D eigenvalue weighted by Gasteiger charge is 2.23. The first kappa shape index (κ1) is 15.9. The molecule has 0 unspecified atom stereocenters. The number of rotatable bonds is 6. The van der Waals surface area contributed by atoms with E-state index in [1.54, 1.807) is 6.08 Å². The van der Waals surface area contributed by atoms with Gasteiger partial charge in [-0.05, 0) is 11.1 Å². The molecule has 0 fully saturated rings. The van der Waals surface area contributed by atoms with E-state index in [0.717, 1.165) is 11.1 Å². The average molecular weight is 298 g/mol. The van der Waals surface area contributed by atoms with Crippen molar-refractivity contribution in [3.05, 3.63) is 77.9 Å². The van der Waals surface area contributed by atoms with Gasteiger partial charge in [0.1, 0.15) is 12.7 Å². The predicted octanol–water partition coefficient (Wildman–Crippen LogP) is 2.17. The summed E-state index contributed by atoms with van der Waals surface area (Å²) in [5.74, 6) is -0.853. The number of carbonyl (C=O) groups excluding carboxylic acids is 1. The molecule has 2 aromatic carbocycles. The summed E-state index contributed by atoms with van der Waals surface area (Å²) in [5, 5.41) is 19.6. The van der Waals surface area contributed by atoms with E-state index in [1.807, 2.05) is 60.7 Å². The van der Waals surface area contributed by atoms with Crippen molar-refractivity contribution in [1.82, 2.24) is 0 Å². The van der Waals surface area contributed by atoms with E-state index in [2.05, 4.69) is 0 Å². The summed E-state index contributed by atoms with van der Waals surface area (Å²) in [4.78, 5) is 11.7. The zero-order valence-corrected chi connectivity index (χ0v) is 12.0. The van der Waals surface area contributed by atoms with E-state index < -0.39 is 18.2 Å². The van der Waals surface area contributed by atoms with Crippen LogP contribution < -0.4 is 0 Å². The molecule has 4 heteroatoms. The van der Waals surface area contributed by atoms with Crippen molar-refractivity contribution in [2.45, 2.75) is 18.8 Å². The van der Waals surface area contributed by atoms with Crippen molar-refractivity contribution >= 4 is 12.0 Å². The number of ether oxygens (including phenoxy) is 1. The Kier molecular flexibility index (Phi) is 5.89. The molecule has 2 N–H and O–H groups in total. The number of benzene rings is 2. The third-order valence-corrected chi connectivity index (χ3v) is 3.07. The SMILES string of the molecule is O=C(OCc1ccccc1)[C@@H](O)[C@H](O)/C=C/c1ccccc1. The molecule has 0 radical (unpaired) electrons. The van der Waals surface area contributed by atoms with Gasteiger partial charge in [0.05, 0.1) is 0 Å². The van der Waals surface area contributed by atoms with Gasteiger partial charge in [-0.25, -0.2) is 4.79 Å². The quantitative estimate of drug-likeness (QED) is 0.802. The van der Waals surface area contributed by atoms with Crippen LogP contribution in [0.4, 0.5) is 0 Å². The van der Waals surface area contributed by atoms with Crippen LogP contribution in [-0.2, 0) is 16.1 Å². The van der Waals surface area contributed by atoms with Gasteiger partial charge < -0.3 is 14.9 Å². The lowest BCUT2D eigenvalue weighted by atomic mass is 10.1. The molecule has 0 saturated heterocycles. The molecule has 0 aliphatic rings. The second-order valence-electron chi connectivity index (χ2n) is 4.80. The van der Waals surface area contributed by atoms with Gasteiger partial charge in [-0.3, -0.25) is 0 Å². The highest BCUT2D eigenvalue weighted by molar-refractivity contribution is 5.75. The summed E-state index contributed by atoms with van der Waals surface area (Å²) in [6.45, 7) is 0.0614. The fraction of sp³-hybridized carbons (Fsp3) is 0.167. The zero-order valence-electron chi connectivity index (χ0n) is 12.0. The summed E-state index contributed by atoms with van der Waals surface area (Å²) >= 11 is 0. The highest BCUT2D eigenvalue weighted by atomic mass is 16.5. The molecule has 0 saturated carbocycles. The molecule has 22 heavy (non-hydrogen) atoms. The van der Waals surface area contributed by atoms with Crippen molar-refractivity contribution in [2.75, 3.05) is 0 Å². The van der Waals surface area contributed by atoms with E-state index in [4.69, 9.17) is 4.74 Å². The molecule has 2 rings (SSSR count). The highest BCUT2D eigenvalue weighted by Crippen LogP contribution is 2.07. The lowest BCUT2D eigenvalue weighted by Gasteiger charge is -2.13. The summed E-state index contributed by atoms with van der Waals surface area (Å²) in [6, 6.07) is 18.4. The Morgan fingerprint density at radius 2 is 1.59 bits per heavy atom. The Hall–Kier alpha value is -2.43. The molecule has 0 heterocycles. The molecule has 2 atom stereocenters. The molecule has 2 aromatic rings. The van der Waals surface area contributed by atoms with Gasteiger partial charge in [-0.1, -0.05) is 72.8 Å². The number of hydrogen-bond donors (Lipinski definition) is 2. The van der Waals surface area contributed by atoms with E-state index in [0.29, 0.717) is 0 Å². The third-order valence-electron chi connectivity index (χ3n) is 3.07. The van der Waals surface area contributed by atoms with Gasteiger partial charge in [-0.2, -0.15) is 0 Å². The number of aliphatic hydroxyl groups is 2. The molecule has 4 nitrogen and oxygen atoms in total. The summed E-state index contributed by atoms with van der Waals surface area (Å²) in [5.41, 5.74) is 1.68. The topological polar surface area (TPSA) is 66.8 Å². The number of aliphatic hydroxyl groups excluding tert-OH is 2. The molecule has 0 spiro atoms. The number of carbonyl (C=O) groups is 1. The fourth-order valence-corrected chi connectivity index (χ4v) is 1.83. The van der Waals surface area contributed by atoms with Gasteiger partial charge in [0.25, 0.3) is 0 Å². The lowest BCUT2D eigenvalue weighted by molar-refractivity contribution is -0.159. The minimum absolute atomic E-state index is 0.0614. The minimum atomic E-state index is -1.61. The first-order valence-electron chi connectivity index (χ1n) is 6.97. The molecule has 114 valence electrons. The van der Waals surface area contributed by atoms with Crippen molar-refractivity contribution in [3.8, 4) is 0 Å². The monoisotopic (exact) mass is 298 g/mol. The molecule has 0 bridgehead atoms. The Morgan fingerprint density at radius 1 is 1.00 bits per heavy atom. The van der Waals surface area contributed by atoms with Crippen molar-refractivity contribution < 1.29 is 19.7 Å². The van der Waals surface area contributed by atoms with Crippen LogP contribution in [0.5, 0.6) is 0 Å². The van der Waals surface area contributed by atoms with E-state index in [1.165, 1.54) is 6.08 Å². The fourth-order valence-electron chi connectivity index (χ4n) is 1.83. The van der Waals surface area contributed by atoms with Crippen molar-refractivity contribution in [1.29, 1.82) is 0 Å². The van der Waals surface area contributed by atoms with Gasteiger partial charge in [-0.15, -0.1) is 0 Å². The van der Waals surface area contributed by atoms with Crippen LogP contribution in [-0.4, -0.2) is 28.4 Å². The maximum absolute atomic E-state index is 11.7. The zero-order chi connectivity index (χ0) is 15.8. The van der Waals surface area contributed by atoms with Gasteiger partial charge in [0, 0.05) is 0 Å². The second-order valence-corrected chi connectivity index (χ2v) is 4.80. The van der Waals surface area contributed by atoms with Gasteiger partial charge in [0.15, 0.2) is 6.10 Å².